The fourth-order valence-electron chi connectivity index (χ4n) is 1.96. The van der Waals surface area contributed by atoms with Crippen LogP contribution in [-0.4, -0.2) is 30.7 Å². The largest absolute Gasteiger partial charge is 0.418 e. The average molecular weight is 271 g/mol. The van der Waals surface area contributed by atoms with Crippen molar-refractivity contribution in [3.05, 3.63) is 29.8 Å². The van der Waals surface area contributed by atoms with E-state index in [0.717, 1.165) is 37.7 Å². The van der Waals surface area contributed by atoms with E-state index in [1.54, 1.807) is 6.07 Å². The molecule has 0 aromatic heterocycles. The molecule has 1 aliphatic heterocycles. The summed E-state index contributed by atoms with van der Waals surface area (Å²) in [6, 6.07) is 5.38. The Labute approximate surface area is 110 Å². The zero-order valence-corrected chi connectivity index (χ0v) is 10.7. The molecule has 0 bridgehead atoms. The predicted octanol–water partition coefficient (Wildman–Crippen LogP) is 3.20. The number of nitrogens with one attached hydrogen (secondary N) is 1. The highest BCUT2D eigenvalue weighted by Crippen LogP contribution is 2.34. The highest BCUT2D eigenvalue weighted by Gasteiger charge is 2.33. The third-order valence-electron chi connectivity index (χ3n) is 3.13. The van der Waals surface area contributed by atoms with Crippen molar-refractivity contribution in [2.75, 3.05) is 25.6 Å². The predicted molar refractivity (Wildman–Crippen MR) is 69.2 cm³/mol. The molecular weight excluding hydrogens is 255 g/mol. The summed E-state index contributed by atoms with van der Waals surface area (Å²) < 4.78 is 38.3. The zero-order valence-electron chi connectivity index (χ0n) is 10.7. The van der Waals surface area contributed by atoms with E-state index in [4.69, 9.17) is 0 Å². The molecule has 0 atom stereocenters. The van der Waals surface area contributed by atoms with Gasteiger partial charge in [-0.3, -0.25) is 5.43 Å². The number of para-hydroxylation sites is 1. The Morgan fingerprint density at radius 1 is 1.16 bits per heavy atom. The second-order valence-corrected chi connectivity index (χ2v) is 4.64. The van der Waals surface area contributed by atoms with E-state index in [1.807, 2.05) is 7.05 Å². The molecule has 19 heavy (non-hydrogen) atoms. The van der Waals surface area contributed by atoms with Gasteiger partial charge in [0.2, 0.25) is 0 Å². The molecule has 1 aromatic rings. The first-order valence-electron chi connectivity index (χ1n) is 6.13. The number of alkyl halides is 3. The third kappa shape index (κ3) is 3.70. The number of nitrogens with zero attached hydrogens (tertiary/aromatic N) is 2. The van der Waals surface area contributed by atoms with Gasteiger partial charge in [-0.25, -0.2) is 0 Å². The summed E-state index contributed by atoms with van der Waals surface area (Å²) in [5.74, 6) is 0. The van der Waals surface area contributed by atoms with Gasteiger partial charge >= 0.3 is 6.18 Å². The van der Waals surface area contributed by atoms with E-state index in [1.165, 1.54) is 12.1 Å². The second-order valence-electron chi connectivity index (χ2n) is 4.64. The minimum Gasteiger partial charge on any atom is -0.306 e. The molecule has 1 aromatic carbocycles. The highest BCUT2D eigenvalue weighted by atomic mass is 19.4. The van der Waals surface area contributed by atoms with Crippen molar-refractivity contribution < 1.29 is 13.2 Å². The second kappa shape index (κ2) is 5.61. The van der Waals surface area contributed by atoms with Crippen molar-refractivity contribution in [2.45, 2.75) is 19.0 Å². The van der Waals surface area contributed by atoms with E-state index in [-0.39, 0.29) is 5.69 Å². The SMILES string of the molecule is CN1CCC(=NNc2ccccc2C(F)(F)F)CC1. The van der Waals surface area contributed by atoms with Crippen LogP contribution >= 0.6 is 0 Å². The van der Waals surface area contributed by atoms with Gasteiger partial charge in [-0.2, -0.15) is 18.3 Å². The van der Waals surface area contributed by atoms with E-state index in [9.17, 15) is 13.2 Å². The molecule has 3 nitrogen and oxygen atoms in total. The number of hydrazone groups is 1. The minimum atomic E-state index is -4.36. The van der Waals surface area contributed by atoms with Gasteiger partial charge in [0, 0.05) is 31.6 Å². The molecular formula is C13H16F3N3. The fraction of sp³-hybridized carbons (Fsp3) is 0.462. The maximum Gasteiger partial charge on any atom is 0.418 e. The standard InChI is InChI=1S/C13H16F3N3/c1-19-8-6-10(7-9-19)17-18-12-5-3-2-4-11(12)13(14,15)16/h2-5,18H,6-9H2,1H3. The van der Waals surface area contributed by atoms with Crippen LogP contribution in [0.5, 0.6) is 0 Å². The molecule has 1 aliphatic rings. The van der Waals surface area contributed by atoms with Crippen molar-refractivity contribution >= 4 is 11.4 Å². The Morgan fingerprint density at radius 2 is 1.79 bits per heavy atom. The van der Waals surface area contributed by atoms with Crippen LogP contribution in [0.3, 0.4) is 0 Å². The molecule has 104 valence electrons. The molecule has 0 spiro atoms. The van der Waals surface area contributed by atoms with Crippen LogP contribution in [0.25, 0.3) is 0 Å². The molecule has 1 fully saturated rings. The summed E-state index contributed by atoms with van der Waals surface area (Å²) in [6.45, 7) is 1.78. The van der Waals surface area contributed by atoms with E-state index in [2.05, 4.69) is 15.4 Å². The number of hydrogen-bond acceptors (Lipinski definition) is 3. The van der Waals surface area contributed by atoms with Crippen LogP contribution in [-0.2, 0) is 6.18 Å². The van der Waals surface area contributed by atoms with Gasteiger partial charge in [-0.1, -0.05) is 12.1 Å². The van der Waals surface area contributed by atoms with Crippen molar-refractivity contribution in [3.8, 4) is 0 Å². The molecule has 0 unspecified atom stereocenters. The first-order chi connectivity index (χ1) is 8.97. The lowest BCUT2D eigenvalue weighted by Crippen LogP contribution is -2.30. The van der Waals surface area contributed by atoms with E-state index >= 15 is 0 Å². The summed E-state index contributed by atoms with van der Waals surface area (Å²) in [7, 11) is 2.02. The maximum atomic E-state index is 12.8. The van der Waals surface area contributed by atoms with Crippen LogP contribution in [0.4, 0.5) is 18.9 Å². The number of rotatable bonds is 2. The summed E-state index contributed by atoms with van der Waals surface area (Å²) in [4.78, 5) is 2.17. The topological polar surface area (TPSA) is 27.6 Å². The Morgan fingerprint density at radius 3 is 2.42 bits per heavy atom. The monoisotopic (exact) mass is 271 g/mol. The van der Waals surface area contributed by atoms with Gasteiger partial charge in [-0.05, 0) is 19.2 Å². The minimum absolute atomic E-state index is 0.00132. The van der Waals surface area contributed by atoms with Crippen molar-refractivity contribution in [1.29, 1.82) is 0 Å². The molecule has 6 heteroatoms. The Hall–Kier alpha value is -1.56. The van der Waals surface area contributed by atoms with Gasteiger partial charge in [0.05, 0.1) is 11.3 Å². The molecule has 2 rings (SSSR count). The smallest absolute Gasteiger partial charge is 0.306 e. The normalized spacial score (nSPS) is 17.4. The van der Waals surface area contributed by atoms with Crippen LogP contribution in [0.2, 0.25) is 0 Å². The van der Waals surface area contributed by atoms with Crippen LogP contribution in [0.15, 0.2) is 29.4 Å². The Kier molecular flexibility index (Phi) is 4.09. The Bertz CT molecular complexity index is 458. The summed E-state index contributed by atoms with van der Waals surface area (Å²) >= 11 is 0. The van der Waals surface area contributed by atoms with Crippen LogP contribution < -0.4 is 5.43 Å². The van der Waals surface area contributed by atoms with Crippen molar-refractivity contribution in [2.24, 2.45) is 5.10 Å². The fourth-order valence-corrected chi connectivity index (χ4v) is 1.96. The molecule has 1 N–H and O–H groups in total. The van der Waals surface area contributed by atoms with Gasteiger partial charge < -0.3 is 4.90 Å². The molecule has 0 saturated carbocycles. The third-order valence-corrected chi connectivity index (χ3v) is 3.13. The lowest BCUT2D eigenvalue weighted by molar-refractivity contribution is -0.136. The van der Waals surface area contributed by atoms with Crippen LogP contribution in [0.1, 0.15) is 18.4 Å². The van der Waals surface area contributed by atoms with Crippen LogP contribution in [0, 0.1) is 0 Å². The lowest BCUT2D eigenvalue weighted by Gasteiger charge is -2.23. The van der Waals surface area contributed by atoms with Gasteiger partial charge in [-0.15, -0.1) is 0 Å². The zero-order chi connectivity index (χ0) is 13.9. The molecule has 1 heterocycles. The summed E-state index contributed by atoms with van der Waals surface area (Å²) in [6.07, 6.45) is -2.79. The molecule has 0 radical (unpaired) electrons. The van der Waals surface area contributed by atoms with Crippen molar-refractivity contribution in [3.63, 3.8) is 0 Å². The summed E-state index contributed by atoms with van der Waals surface area (Å²) in [5.41, 5.74) is 2.78. The van der Waals surface area contributed by atoms with E-state index in [0.29, 0.717) is 0 Å². The first kappa shape index (κ1) is 13.9. The highest BCUT2D eigenvalue weighted by molar-refractivity contribution is 5.86. The lowest BCUT2D eigenvalue weighted by atomic mass is 10.1. The number of piperidine rings is 1. The van der Waals surface area contributed by atoms with Crippen molar-refractivity contribution in [1.82, 2.24) is 4.90 Å². The first-order valence-corrected chi connectivity index (χ1v) is 6.13. The number of likely N-dealkylation sites (tertiary alicyclic amines) is 1. The summed E-state index contributed by atoms with van der Waals surface area (Å²) in [5, 5.41) is 4.10. The quantitative estimate of drug-likeness (QED) is 0.836. The van der Waals surface area contributed by atoms with Gasteiger partial charge in [0.15, 0.2) is 0 Å². The van der Waals surface area contributed by atoms with E-state index < -0.39 is 11.7 Å². The number of hydrogen-bond donors (Lipinski definition) is 1. The maximum absolute atomic E-state index is 12.8. The Balaban J connectivity index is 2.10. The van der Waals surface area contributed by atoms with Gasteiger partial charge in [0.25, 0.3) is 0 Å². The number of benzene rings is 1. The molecule has 1 saturated heterocycles. The number of anilines is 1. The molecule has 0 aliphatic carbocycles. The molecule has 0 amide bonds. The number of halogens is 3. The van der Waals surface area contributed by atoms with Gasteiger partial charge in [0.1, 0.15) is 0 Å². The average Bonchev–Trinajstić information content (AvgIpc) is 2.37.